The summed E-state index contributed by atoms with van der Waals surface area (Å²) in [6.45, 7) is 5.91. The molecule has 0 saturated heterocycles. The van der Waals surface area contributed by atoms with Crippen LogP contribution in [-0.2, 0) is 14.3 Å². The molecule has 0 aliphatic heterocycles. The largest absolute Gasteiger partial charge is 0.481 e. The van der Waals surface area contributed by atoms with E-state index < -0.39 is 17.9 Å². The molecule has 0 rings (SSSR count). The van der Waals surface area contributed by atoms with E-state index in [-0.39, 0.29) is 13.0 Å². The summed E-state index contributed by atoms with van der Waals surface area (Å²) in [5.74, 6) is -1.88. The highest BCUT2D eigenvalue weighted by Crippen LogP contribution is 2.18. The highest BCUT2D eigenvalue weighted by molar-refractivity contribution is 5.79. The molecule has 0 saturated carbocycles. The highest BCUT2D eigenvalue weighted by atomic mass is 16.5. The first-order valence-electron chi connectivity index (χ1n) is 17.3. The lowest BCUT2D eigenvalue weighted by atomic mass is 9.97. The average Bonchev–Trinajstić information content (AvgIpc) is 2.94. The number of esters is 1. The normalized spacial score (nSPS) is 12.1. The maximum Gasteiger partial charge on any atom is 0.309 e. The molecular formula is C36H66O4. The molecule has 0 aromatic carbocycles. The Hall–Kier alpha value is -1.58. The Balaban J connectivity index is 3.31. The standard InChI is InChI=1S/C36H66O4/c1-3-5-6-7-8-9-10-11-12-13-14-15-16-17-18-19-20-21-22-23-24-25-26-27-28-29-30-31-34(33-35(37)38)36(39)40-32-4-2/h4,6-7,34H,2-3,5,8-33H2,1H3,(H,37,38)/b7-6+. The van der Waals surface area contributed by atoms with Crippen molar-refractivity contribution < 1.29 is 19.4 Å². The molecule has 0 aliphatic rings. The van der Waals surface area contributed by atoms with Crippen LogP contribution in [0.25, 0.3) is 0 Å². The molecule has 0 spiro atoms. The molecule has 1 unspecified atom stereocenters. The first-order chi connectivity index (χ1) is 19.6. The molecule has 0 fully saturated rings. The molecule has 0 amide bonds. The maximum absolute atomic E-state index is 12.0. The van der Waals surface area contributed by atoms with Crippen molar-refractivity contribution >= 4 is 11.9 Å². The van der Waals surface area contributed by atoms with Gasteiger partial charge in [-0.2, -0.15) is 0 Å². The smallest absolute Gasteiger partial charge is 0.309 e. The van der Waals surface area contributed by atoms with Crippen LogP contribution in [0.15, 0.2) is 24.8 Å². The first-order valence-corrected chi connectivity index (χ1v) is 17.3. The van der Waals surface area contributed by atoms with Crippen molar-refractivity contribution in [3.05, 3.63) is 24.8 Å². The molecule has 234 valence electrons. The maximum atomic E-state index is 12.0. The van der Waals surface area contributed by atoms with Gasteiger partial charge in [0, 0.05) is 0 Å². The summed E-state index contributed by atoms with van der Waals surface area (Å²) in [4.78, 5) is 23.0. The van der Waals surface area contributed by atoms with E-state index in [1.807, 2.05) is 0 Å². The predicted octanol–water partition coefficient (Wildman–Crippen LogP) is 11.5. The van der Waals surface area contributed by atoms with Crippen LogP contribution in [0, 0.1) is 5.92 Å². The van der Waals surface area contributed by atoms with Crippen LogP contribution in [0.4, 0.5) is 0 Å². The van der Waals surface area contributed by atoms with E-state index in [9.17, 15) is 9.59 Å². The highest BCUT2D eigenvalue weighted by Gasteiger charge is 2.22. The Labute approximate surface area is 248 Å². The second kappa shape index (κ2) is 31.9. The van der Waals surface area contributed by atoms with Crippen molar-refractivity contribution in [1.29, 1.82) is 0 Å². The van der Waals surface area contributed by atoms with E-state index in [4.69, 9.17) is 9.84 Å². The van der Waals surface area contributed by atoms with E-state index in [1.165, 1.54) is 154 Å². The predicted molar refractivity (Wildman–Crippen MR) is 172 cm³/mol. The van der Waals surface area contributed by atoms with Crippen LogP contribution in [-0.4, -0.2) is 23.7 Å². The van der Waals surface area contributed by atoms with Crippen molar-refractivity contribution in [2.75, 3.05) is 6.61 Å². The van der Waals surface area contributed by atoms with Gasteiger partial charge in [0.05, 0.1) is 12.3 Å². The van der Waals surface area contributed by atoms with Crippen LogP contribution in [0.1, 0.15) is 180 Å². The molecule has 0 bridgehead atoms. The minimum Gasteiger partial charge on any atom is -0.481 e. The lowest BCUT2D eigenvalue weighted by molar-refractivity contribution is -0.152. The fourth-order valence-corrected chi connectivity index (χ4v) is 5.36. The third-order valence-corrected chi connectivity index (χ3v) is 7.89. The number of hydrogen-bond acceptors (Lipinski definition) is 3. The summed E-state index contributed by atoms with van der Waals surface area (Å²) in [6.07, 6.45) is 40.1. The van der Waals surface area contributed by atoms with Gasteiger partial charge in [-0.15, -0.1) is 0 Å². The number of aliphatic carboxylic acids is 1. The Morgan fingerprint density at radius 3 is 1.38 bits per heavy atom. The van der Waals surface area contributed by atoms with Gasteiger partial charge in [0.25, 0.3) is 0 Å². The van der Waals surface area contributed by atoms with Gasteiger partial charge < -0.3 is 9.84 Å². The zero-order valence-corrected chi connectivity index (χ0v) is 26.5. The zero-order valence-electron chi connectivity index (χ0n) is 26.5. The van der Waals surface area contributed by atoms with Crippen molar-refractivity contribution in [3.63, 3.8) is 0 Å². The summed E-state index contributed by atoms with van der Waals surface area (Å²) in [5.41, 5.74) is 0. The number of carbonyl (C=O) groups is 2. The minimum atomic E-state index is -0.941. The van der Waals surface area contributed by atoms with Gasteiger partial charge in [-0.1, -0.05) is 173 Å². The Morgan fingerprint density at radius 1 is 0.625 bits per heavy atom. The number of rotatable bonds is 32. The Morgan fingerprint density at radius 2 is 1.00 bits per heavy atom. The molecule has 1 atom stereocenters. The quantitative estimate of drug-likeness (QED) is 0.0503. The lowest BCUT2D eigenvalue weighted by Gasteiger charge is -2.13. The van der Waals surface area contributed by atoms with Crippen LogP contribution < -0.4 is 0 Å². The van der Waals surface area contributed by atoms with Gasteiger partial charge in [-0.05, 0) is 25.7 Å². The minimum absolute atomic E-state index is 0.145. The summed E-state index contributed by atoms with van der Waals surface area (Å²) in [6, 6.07) is 0. The SMILES string of the molecule is C=CCOC(=O)C(CCCCCCCCCCCCCCCCCCCCCCCC/C=C/CCC)CC(=O)O. The van der Waals surface area contributed by atoms with E-state index in [0.717, 1.165) is 12.8 Å². The lowest BCUT2D eigenvalue weighted by Crippen LogP contribution is -2.21. The van der Waals surface area contributed by atoms with Gasteiger partial charge in [0.15, 0.2) is 0 Å². The van der Waals surface area contributed by atoms with Crippen molar-refractivity contribution in [3.8, 4) is 0 Å². The molecular weight excluding hydrogens is 496 g/mol. The van der Waals surface area contributed by atoms with E-state index in [2.05, 4.69) is 25.7 Å². The Kier molecular flexibility index (Phi) is 30.7. The average molecular weight is 563 g/mol. The van der Waals surface area contributed by atoms with Crippen LogP contribution in [0.5, 0.6) is 0 Å². The first kappa shape index (κ1) is 38.4. The zero-order chi connectivity index (χ0) is 29.4. The summed E-state index contributed by atoms with van der Waals surface area (Å²) >= 11 is 0. The summed E-state index contributed by atoms with van der Waals surface area (Å²) in [7, 11) is 0. The number of allylic oxidation sites excluding steroid dienone is 2. The second-order valence-corrected chi connectivity index (χ2v) is 11.8. The van der Waals surface area contributed by atoms with Crippen molar-refractivity contribution in [1.82, 2.24) is 0 Å². The van der Waals surface area contributed by atoms with Gasteiger partial charge >= 0.3 is 11.9 Å². The molecule has 40 heavy (non-hydrogen) atoms. The van der Waals surface area contributed by atoms with Crippen LogP contribution in [0.3, 0.4) is 0 Å². The third kappa shape index (κ3) is 29.4. The number of ether oxygens (including phenoxy) is 1. The van der Waals surface area contributed by atoms with Crippen LogP contribution >= 0.6 is 0 Å². The third-order valence-electron chi connectivity index (χ3n) is 7.89. The fraction of sp³-hybridized carbons (Fsp3) is 0.833. The molecule has 4 heteroatoms. The molecule has 4 nitrogen and oxygen atoms in total. The monoisotopic (exact) mass is 562 g/mol. The van der Waals surface area contributed by atoms with Crippen molar-refractivity contribution in [2.45, 2.75) is 180 Å². The molecule has 0 aromatic heterocycles. The van der Waals surface area contributed by atoms with E-state index in [1.54, 1.807) is 0 Å². The molecule has 0 aliphatic carbocycles. The number of carboxylic acid groups (broad SMARTS) is 1. The van der Waals surface area contributed by atoms with Gasteiger partial charge in [-0.25, -0.2) is 0 Å². The van der Waals surface area contributed by atoms with E-state index >= 15 is 0 Å². The topological polar surface area (TPSA) is 63.6 Å². The number of hydrogen-bond donors (Lipinski definition) is 1. The molecule has 0 aromatic rings. The van der Waals surface area contributed by atoms with E-state index in [0.29, 0.717) is 6.42 Å². The van der Waals surface area contributed by atoms with Crippen molar-refractivity contribution in [2.24, 2.45) is 5.92 Å². The van der Waals surface area contributed by atoms with Gasteiger partial charge in [-0.3, -0.25) is 9.59 Å². The molecule has 1 N–H and O–H groups in total. The van der Waals surface area contributed by atoms with Gasteiger partial charge in [0.1, 0.15) is 6.61 Å². The second-order valence-electron chi connectivity index (χ2n) is 11.8. The number of unbranched alkanes of at least 4 members (excludes halogenated alkanes) is 23. The molecule has 0 radical (unpaired) electrons. The number of carbonyl (C=O) groups excluding carboxylic acids is 1. The molecule has 0 heterocycles. The number of carboxylic acids is 1. The van der Waals surface area contributed by atoms with Crippen LogP contribution in [0.2, 0.25) is 0 Å². The Bertz CT molecular complexity index is 598. The summed E-state index contributed by atoms with van der Waals surface area (Å²) < 4.78 is 5.04. The van der Waals surface area contributed by atoms with Gasteiger partial charge in [0.2, 0.25) is 0 Å². The summed E-state index contributed by atoms with van der Waals surface area (Å²) in [5, 5.41) is 9.03. The fourth-order valence-electron chi connectivity index (χ4n) is 5.36.